The van der Waals surface area contributed by atoms with Crippen molar-refractivity contribution in [1.29, 1.82) is 0 Å². The lowest BCUT2D eigenvalue weighted by atomic mass is 9.97. The average Bonchev–Trinajstić information content (AvgIpc) is 2.53. The van der Waals surface area contributed by atoms with Crippen molar-refractivity contribution in [3.8, 4) is 5.75 Å². The van der Waals surface area contributed by atoms with E-state index in [1.54, 1.807) is 6.08 Å². The Balaban J connectivity index is 2.01. The Morgan fingerprint density at radius 2 is 1.77 bits per heavy atom. The normalized spacial score (nSPS) is 16.7. The lowest BCUT2D eigenvalue weighted by Gasteiger charge is -2.22. The second kappa shape index (κ2) is 5.64. The van der Waals surface area contributed by atoms with Crippen LogP contribution in [0, 0.1) is 10.1 Å². The Labute approximate surface area is 129 Å². The molecule has 1 aliphatic rings. The molecule has 0 saturated heterocycles. The van der Waals surface area contributed by atoms with E-state index < -0.39 is 6.10 Å². The minimum Gasteiger partial charge on any atom is -0.474 e. The molecule has 22 heavy (non-hydrogen) atoms. The van der Waals surface area contributed by atoms with E-state index in [-0.39, 0.29) is 10.6 Å². The first-order valence-electron chi connectivity index (χ1n) is 7.28. The van der Waals surface area contributed by atoms with Crippen LogP contribution in [0.5, 0.6) is 5.75 Å². The van der Waals surface area contributed by atoms with Crippen LogP contribution >= 0.6 is 0 Å². The van der Waals surface area contributed by atoms with Crippen molar-refractivity contribution < 1.29 is 9.66 Å². The standard InChI is InChI=1S/C18H17NO3/c1-12(2)13-7-9-14(10-8-13)18-16(19(20)21)11-15-5-3-4-6-17(15)22-18/h3-12,18H,1-2H3. The fourth-order valence-electron chi connectivity index (χ4n) is 2.57. The molecular weight excluding hydrogens is 278 g/mol. The predicted molar refractivity (Wildman–Crippen MR) is 85.3 cm³/mol. The fraction of sp³-hybridized carbons (Fsp3) is 0.222. The van der Waals surface area contributed by atoms with Crippen LogP contribution in [-0.4, -0.2) is 4.92 Å². The molecule has 0 bridgehead atoms. The number of rotatable bonds is 3. The van der Waals surface area contributed by atoms with E-state index in [4.69, 9.17) is 4.74 Å². The smallest absolute Gasteiger partial charge is 0.291 e. The van der Waals surface area contributed by atoms with Gasteiger partial charge in [-0.1, -0.05) is 56.3 Å². The summed E-state index contributed by atoms with van der Waals surface area (Å²) in [5.41, 5.74) is 2.80. The quantitative estimate of drug-likeness (QED) is 0.616. The molecule has 0 aliphatic carbocycles. The van der Waals surface area contributed by atoms with Gasteiger partial charge >= 0.3 is 0 Å². The van der Waals surface area contributed by atoms with Gasteiger partial charge in [0.15, 0.2) is 0 Å². The number of para-hydroxylation sites is 1. The minimum absolute atomic E-state index is 0.0657. The molecule has 0 fully saturated rings. The third-order valence-electron chi connectivity index (χ3n) is 3.85. The summed E-state index contributed by atoms with van der Waals surface area (Å²) >= 11 is 0. The minimum atomic E-state index is -0.675. The summed E-state index contributed by atoms with van der Waals surface area (Å²) in [5.74, 6) is 1.10. The van der Waals surface area contributed by atoms with Gasteiger partial charge in [-0.25, -0.2) is 0 Å². The summed E-state index contributed by atoms with van der Waals surface area (Å²) in [7, 11) is 0. The van der Waals surface area contributed by atoms with Gasteiger partial charge in [0.25, 0.3) is 5.70 Å². The predicted octanol–water partition coefficient (Wildman–Crippen LogP) is 4.56. The highest BCUT2D eigenvalue weighted by Crippen LogP contribution is 2.37. The first kappa shape index (κ1) is 14.3. The maximum Gasteiger partial charge on any atom is 0.291 e. The molecule has 0 spiro atoms. The maximum absolute atomic E-state index is 11.4. The van der Waals surface area contributed by atoms with E-state index in [1.807, 2.05) is 48.5 Å². The van der Waals surface area contributed by atoms with Gasteiger partial charge in [0.05, 0.1) is 4.92 Å². The lowest BCUT2D eigenvalue weighted by molar-refractivity contribution is -0.434. The summed E-state index contributed by atoms with van der Waals surface area (Å²) < 4.78 is 5.88. The van der Waals surface area contributed by atoms with Crippen molar-refractivity contribution in [3.05, 3.63) is 81.0 Å². The molecule has 112 valence electrons. The van der Waals surface area contributed by atoms with Gasteiger partial charge in [-0.2, -0.15) is 0 Å². The second-order valence-electron chi connectivity index (χ2n) is 5.68. The summed E-state index contributed by atoms with van der Waals surface area (Å²) in [6.07, 6.45) is 0.922. The van der Waals surface area contributed by atoms with Crippen LogP contribution in [0.25, 0.3) is 6.08 Å². The molecule has 2 aromatic rings. The number of fused-ring (bicyclic) bond motifs is 1. The Morgan fingerprint density at radius 1 is 1.09 bits per heavy atom. The number of nitrogens with zero attached hydrogens (tertiary/aromatic N) is 1. The summed E-state index contributed by atoms with van der Waals surface area (Å²) in [6, 6.07) is 15.2. The number of hydrogen-bond donors (Lipinski definition) is 0. The Kier molecular flexibility index (Phi) is 3.67. The van der Waals surface area contributed by atoms with E-state index >= 15 is 0 Å². The highest BCUT2D eigenvalue weighted by Gasteiger charge is 2.32. The van der Waals surface area contributed by atoms with Crippen LogP contribution in [0.2, 0.25) is 0 Å². The molecule has 0 aromatic heterocycles. The van der Waals surface area contributed by atoms with Gasteiger partial charge in [0.1, 0.15) is 5.75 Å². The van der Waals surface area contributed by atoms with E-state index in [1.165, 1.54) is 5.56 Å². The topological polar surface area (TPSA) is 52.4 Å². The summed E-state index contributed by atoms with van der Waals surface area (Å²) in [6.45, 7) is 4.23. The zero-order valence-corrected chi connectivity index (χ0v) is 12.5. The SMILES string of the molecule is CC(C)c1ccc(C2Oc3ccccc3C=C2[N+](=O)[O-])cc1. The van der Waals surface area contributed by atoms with E-state index in [0.717, 1.165) is 11.1 Å². The molecule has 0 radical (unpaired) electrons. The third-order valence-corrected chi connectivity index (χ3v) is 3.85. The third kappa shape index (κ3) is 2.60. The van der Waals surface area contributed by atoms with Gasteiger partial charge in [0.2, 0.25) is 6.10 Å². The van der Waals surface area contributed by atoms with Crippen LogP contribution in [0.15, 0.2) is 54.2 Å². The molecule has 0 amide bonds. The van der Waals surface area contributed by atoms with Gasteiger partial charge in [-0.05, 0) is 17.5 Å². The Hall–Kier alpha value is -2.62. The first-order chi connectivity index (χ1) is 10.6. The molecule has 0 N–H and O–H groups in total. The second-order valence-corrected chi connectivity index (χ2v) is 5.68. The largest absolute Gasteiger partial charge is 0.474 e. The summed E-state index contributed by atoms with van der Waals surface area (Å²) in [4.78, 5) is 11.0. The van der Waals surface area contributed by atoms with Crippen molar-refractivity contribution in [1.82, 2.24) is 0 Å². The van der Waals surface area contributed by atoms with Gasteiger partial charge in [-0.3, -0.25) is 10.1 Å². The Morgan fingerprint density at radius 3 is 2.41 bits per heavy atom. The molecule has 4 nitrogen and oxygen atoms in total. The van der Waals surface area contributed by atoms with E-state index in [2.05, 4.69) is 13.8 Å². The Bertz CT molecular complexity index is 732. The number of benzene rings is 2. The molecule has 1 aliphatic heterocycles. The van der Waals surface area contributed by atoms with E-state index in [0.29, 0.717) is 11.7 Å². The van der Waals surface area contributed by atoms with Crippen molar-refractivity contribution >= 4 is 6.08 Å². The zero-order chi connectivity index (χ0) is 15.7. The molecule has 0 saturated carbocycles. The van der Waals surface area contributed by atoms with Crippen molar-refractivity contribution in [2.75, 3.05) is 0 Å². The van der Waals surface area contributed by atoms with Crippen LogP contribution < -0.4 is 4.74 Å². The van der Waals surface area contributed by atoms with Crippen molar-refractivity contribution in [2.24, 2.45) is 0 Å². The van der Waals surface area contributed by atoms with Crippen molar-refractivity contribution in [2.45, 2.75) is 25.9 Å². The van der Waals surface area contributed by atoms with Crippen molar-refractivity contribution in [3.63, 3.8) is 0 Å². The van der Waals surface area contributed by atoms with Gasteiger partial charge in [-0.15, -0.1) is 0 Å². The van der Waals surface area contributed by atoms with Crippen LogP contribution in [-0.2, 0) is 0 Å². The van der Waals surface area contributed by atoms with Crippen LogP contribution in [0.1, 0.15) is 42.6 Å². The molecule has 1 heterocycles. The lowest BCUT2D eigenvalue weighted by Crippen LogP contribution is -2.19. The fourth-order valence-corrected chi connectivity index (χ4v) is 2.57. The number of ether oxygens (including phenoxy) is 1. The van der Waals surface area contributed by atoms with Gasteiger partial charge < -0.3 is 4.74 Å². The highest BCUT2D eigenvalue weighted by molar-refractivity contribution is 5.62. The molecule has 4 heteroatoms. The average molecular weight is 295 g/mol. The highest BCUT2D eigenvalue weighted by atomic mass is 16.6. The van der Waals surface area contributed by atoms with Crippen LogP contribution in [0.3, 0.4) is 0 Å². The van der Waals surface area contributed by atoms with E-state index in [9.17, 15) is 10.1 Å². The molecule has 2 aromatic carbocycles. The monoisotopic (exact) mass is 295 g/mol. The first-order valence-corrected chi connectivity index (χ1v) is 7.28. The molecule has 3 rings (SSSR count). The zero-order valence-electron chi connectivity index (χ0n) is 12.5. The molecular formula is C18H17NO3. The number of hydrogen-bond acceptors (Lipinski definition) is 3. The molecule has 1 unspecified atom stereocenters. The maximum atomic E-state index is 11.4. The van der Waals surface area contributed by atoms with Crippen LogP contribution in [0.4, 0.5) is 0 Å². The van der Waals surface area contributed by atoms with Gasteiger partial charge in [0, 0.05) is 17.2 Å². The summed E-state index contributed by atoms with van der Waals surface area (Å²) in [5, 5.41) is 11.4. The molecule has 1 atom stereocenters. The number of nitro groups is 1.